The van der Waals surface area contributed by atoms with Crippen LogP contribution >= 0.6 is 0 Å². The van der Waals surface area contributed by atoms with Gasteiger partial charge in [0.05, 0.1) is 11.4 Å². The maximum absolute atomic E-state index is 12.4. The summed E-state index contributed by atoms with van der Waals surface area (Å²) >= 11 is 0. The highest BCUT2D eigenvalue weighted by Crippen LogP contribution is 2.31. The number of aromatic amines is 1. The lowest BCUT2D eigenvalue weighted by molar-refractivity contribution is 0.432. The van der Waals surface area contributed by atoms with Gasteiger partial charge in [-0.2, -0.15) is 10.1 Å². The molecule has 0 atom stereocenters. The van der Waals surface area contributed by atoms with Crippen molar-refractivity contribution in [3.63, 3.8) is 0 Å². The van der Waals surface area contributed by atoms with Gasteiger partial charge in [-0.3, -0.25) is 4.79 Å². The molecule has 0 spiro atoms. The highest BCUT2D eigenvalue weighted by molar-refractivity contribution is 5.75. The van der Waals surface area contributed by atoms with E-state index < -0.39 is 0 Å². The molecule has 0 aliphatic carbocycles. The van der Waals surface area contributed by atoms with E-state index in [1.165, 1.54) is 5.56 Å². The van der Waals surface area contributed by atoms with Gasteiger partial charge in [0.25, 0.3) is 11.4 Å². The molecule has 5 rings (SSSR count). The maximum Gasteiger partial charge on any atom is 0.263 e. The van der Waals surface area contributed by atoms with Crippen LogP contribution in [0.1, 0.15) is 49.6 Å². The molecule has 3 aromatic heterocycles. The monoisotopic (exact) mass is 420 g/mol. The van der Waals surface area contributed by atoms with Crippen LogP contribution in [0.15, 0.2) is 39.6 Å². The van der Waals surface area contributed by atoms with Crippen LogP contribution in [0, 0.1) is 13.8 Å². The van der Waals surface area contributed by atoms with E-state index in [1.807, 2.05) is 56.5 Å². The lowest BCUT2D eigenvalue weighted by atomic mass is 9.94. The lowest BCUT2D eigenvalue weighted by Crippen LogP contribution is -2.28. The van der Waals surface area contributed by atoms with E-state index in [-0.39, 0.29) is 5.56 Å². The third-order valence-corrected chi connectivity index (χ3v) is 5.53. The summed E-state index contributed by atoms with van der Waals surface area (Å²) in [6, 6.07) is 9.60. The molecule has 1 aromatic carbocycles. The molecule has 1 aliphatic rings. The summed E-state index contributed by atoms with van der Waals surface area (Å²) in [5.74, 6) is 1.15. The van der Waals surface area contributed by atoms with Gasteiger partial charge in [-0.05, 0) is 39.8 Å². The SMILES string of the molecule is CC.Cc1ccc(-c2noc(-c3c(C)nn4c(C5CCNCC5)cc(=O)[nH]c34)n2)cc1. The first-order valence-electron chi connectivity index (χ1n) is 10.8. The van der Waals surface area contributed by atoms with E-state index in [4.69, 9.17) is 9.62 Å². The smallest absolute Gasteiger partial charge is 0.263 e. The molecule has 0 unspecified atom stereocenters. The number of hydrogen-bond donors (Lipinski definition) is 2. The van der Waals surface area contributed by atoms with Crippen LogP contribution in [-0.4, -0.2) is 37.8 Å². The van der Waals surface area contributed by atoms with Crippen molar-refractivity contribution in [2.24, 2.45) is 0 Å². The van der Waals surface area contributed by atoms with Crippen molar-refractivity contribution in [2.45, 2.75) is 46.5 Å². The van der Waals surface area contributed by atoms with Crippen LogP contribution in [0.3, 0.4) is 0 Å². The second-order valence-electron chi connectivity index (χ2n) is 7.59. The molecule has 8 nitrogen and oxygen atoms in total. The van der Waals surface area contributed by atoms with Gasteiger partial charge < -0.3 is 14.8 Å². The topological polar surface area (TPSA) is 101 Å². The van der Waals surface area contributed by atoms with Crippen LogP contribution in [0.5, 0.6) is 0 Å². The molecule has 0 radical (unpaired) electrons. The third-order valence-electron chi connectivity index (χ3n) is 5.53. The quantitative estimate of drug-likeness (QED) is 0.522. The minimum absolute atomic E-state index is 0.148. The van der Waals surface area contributed by atoms with Crippen LogP contribution < -0.4 is 10.9 Å². The Labute approximate surface area is 180 Å². The number of piperidine rings is 1. The van der Waals surface area contributed by atoms with Crippen molar-refractivity contribution in [1.29, 1.82) is 0 Å². The minimum Gasteiger partial charge on any atom is -0.333 e. The largest absolute Gasteiger partial charge is 0.333 e. The Morgan fingerprint density at radius 1 is 1.10 bits per heavy atom. The lowest BCUT2D eigenvalue weighted by Gasteiger charge is -2.23. The number of aromatic nitrogens is 5. The average Bonchev–Trinajstić information content (AvgIpc) is 3.39. The molecule has 0 saturated carbocycles. The standard InChI is InChI=1S/C21H22N6O2.C2H6/c1-12-3-5-15(6-4-12)19-24-21(29-26-19)18-13(2)25-27-16(11-17(28)23-20(18)27)14-7-9-22-10-8-14;1-2/h3-6,11,14,22H,7-10H2,1-2H3,(H,23,28);1-2H3. The number of rotatable bonds is 3. The van der Waals surface area contributed by atoms with Gasteiger partial charge in [-0.25, -0.2) is 4.52 Å². The van der Waals surface area contributed by atoms with E-state index in [1.54, 1.807) is 6.07 Å². The van der Waals surface area contributed by atoms with Crippen LogP contribution in [0.4, 0.5) is 0 Å². The van der Waals surface area contributed by atoms with Crippen LogP contribution in [0.25, 0.3) is 28.5 Å². The maximum atomic E-state index is 12.4. The molecular formula is C23H28N6O2. The summed E-state index contributed by atoms with van der Waals surface area (Å²) in [5.41, 5.74) is 4.83. The second kappa shape index (κ2) is 8.85. The normalized spacial score (nSPS) is 14.5. The number of H-pyrrole nitrogens is 1. The molecule has 162 valence electrons. The summed E-state index contributed by atoms with van der Waals surface area (Å²) in [7, 11) is 0. The van der Waals surface area contributed by atoms with Crippen molar-refractivity contribution < 1.29 is 4.52 Å². The van der Waals surface area contributed by atoms with Gasteiger partial charge in [0.1, 0.15) is 11.2 Å². The molecule has 1 fully saturated rings. The summed E-state index contributed by atoms with van der Waals surface area (Å²) < 4.78 is 7.39. The fourth-order valence-electron chi connectivity index (χ4n) is 3.99. The minimum atomic E-state index is -0.148. The zero-order valence-corrected chi connectivity index (χ0v) is 18.4. The summed E-state index contributed by atoms with van der Waals surface area (Å²) in [5, 5.41) is 12.2. The Kier molecular flexibility index (Phi) is 5.99. The molecule has 31 heavy (non-hydrogen) atoms. The molecule has 1 saturated heterocycles. The molecule has 2 N–H and O–H groups in total. The molecule has 0 amide bonds. The highest BCUT2D eigenvalue weighted by Gasteiger charge is 2.24. The molecule has 0 bridgehead atoms. The molecule has 4 aromatic rings. The van der Waals surface area contributed by atoms with Crippen molar-refractivity contribution in [3.8, 4) is 22.8 Å². The van der Waals surface area contributed by atoms with Gasteiger partial charge >= 0.3 is 0 Å². The van der Waals surface area contributed by atoms with Gasteiger partial charge in [0.15, 0.2) is 0 Å². The zero-order chi connectivity index (χ0) is 22.0. The van der Waals surface area contributed by atoms with Gasteiger partial charge in [0, 0.05) is 17.5 Å². The fraction of sp³-hybridized carbons (Fsp3) is 0.391. The average molecular weight is 421 g/mol. The number of nitrogens with zero attached hydrogens (tertiary/aromatic N) is 4. The van der Waals surface area contributed by atoms with Gasteiger partial charge in [0.2, 0.25) is 5.82 Å². The first-order valence-corrected chi connectivity index (χ1v) is 10.8. The zero-order valence-electron chi connectivity index (χ0n) is 18.4. The third kappa shape index (κ3) is 4.03. The van der Waals surface area contributed by atoms with E-state index >= 15 is 0 Å². The Morgan fingerprint density at radius 3 is 2.52 bits per heavy atom. The number of aryl methyl sites for hydroxylation is 2. The summed E-state index contributed by atoms with van der Waals surface area (Å²) in [6.45, 7) is 9.80. The van der Waals surface area contributed by atoms with Crippen molar-refractivity contribution >= 4 is 5.65 Å². The van der Waals surface area contributed by atoms with Crippen molar-refractivity contribution in [1.82, 2.24) is 30.1 Å². The van der Waals surface area contributed by atoms with Gasteiger partial charge in [-0.15, -0.1) is 0 Å². The number of fused-ring (bicyclic) bond motifs is 1. The molecule has 4 heterocycles. The fourth-order valence-corrected chi connectivity index (χ4v) is 3.99. The van der Waals surface area contributed by atoms with Crippen molar-refractivity contribution in [2.75, 3.05) is 13.1 Å². The number of benzene rings is 1. The molecule has 8 heteroatoms. The predicted molar refractivity (Wildman–Crippen MR) is 120 cm³/mol. The Balaban J connectivity index is 0.00000112. The first-order chi connectivity index (χ1) is 15.1. The Morgan fingerprint density at radius 2 is 1.81 bits per heavy atom. The molecule has 1 aliphatic heterocycles. The Bertz CT molecular complexity index is 1230. The van der Waals surface area contributed by atoms with E-state index in [0.717, 1.165) is 42.9 Å². The van der Waals surface area contributed by atoms with E-state index in [9.17, 15) is 4.79 Å². The first kappa shape index (κ1) is 21.0. The Hall–Kier alpha value is -3.26. The van der Waals surface area contributed by atoms with Crippen LogP contribution in [0.2, 0.25) is 0 Å². The highest BCUT2D eigenvalue weighted by atomic mass is 16.5. The van der Waals surface area contributed by atoms with E-state index in [2.05, 4.69) is 20.4 Å². The summed E-state index contributed by atoms with van der Waals surface area (Å²) in [4.78, 5) is 19.9. The predicted octanol–water partition coefficient (Wildman–Crippen LogP) is 3.85. The van der Waals surface area contributed by atoms with Gasteiger partial charge in [-0.1, -0.05) is 48.8 Å². The van der Waals surface area contributed by atoms with E-state index in [0.29, 0.717) is 28.8 Å². The molecular weight excluding hydrogens is 392 g/mol. The van der Waals surface area contributed by atoms with Crippen LogP contribution in [-0.2, 0) is 0 Å². The number of hydrogen-bond acceptors (Lipinski definition) is 6. The number of nitrogens with one attached hydrogen (secondary N) is 2. The summed E-state index contributed by atoms with van der Waals surface area (Å²) in [6.07, 6.45) is 1.95. The van der Waals surface area contributed by atoms with Crippen molar-refractivity contribution in [3.05, 3.63) is 57.6 Å². The second-order valence-corrected chi connectivity index (χ2v) is 7.59.